The van der Waals surface area contributed by atoms with Crippen LogP contribution in [0.1, 0.15) is 31.2 Å². The molecule has 0 saturated heterocycles. The largest absolute Gasteiger partial charge is 0.497 e. The van der Waals surface area contributed by atoms with Gasteiger partial charge in [-0.15, -0.1) is 0 Å². The summed E-state index contributed by atoms with van der Waals surface area (Å²) in [5.74, 6) is -0.630. The molecule has 0 atom stereocenters. The van der Waals surface area contributed by atoms with Gasteiger partial charge in [0.25, 0.3) is 0 Å². The molecule has 0 unspecified atom stereocenters. The minimum absolute atomic E-state index is 0.108. The summed E-state index contributed by atoms with van der Waals surface area (Å²) in [5.41, 5.74) is 0.658. The zero-order valence-electron chi connectivity index (χ0n) is 12.5. The topological polar surface area (TPSA) is 92.7 Å². The molecule has 0 bridgehead atoms. The number of carboxylic acid groups (broad SMARTS) is 1. The summed E-state index contributed by atoms with van der Waals surface area (Å²) in [5, 5.41) is 8.95. The summed E-state index contributed by atoms with van der Waals surface area (Å²) >= 11 is 0. The number of benzene rings is 1. The van der Waals surface area contributed by atoms with Crippen molar-refractivity contribution in [2.24, 2.45) is 5.92 Å². The first-order chi connectivity index (χ1) is 10.4. The van der Waals surface area contributed by atoms with E-state index in [-0.39, 0.29) is 17.7 Å². The predicted octanol–water partition coefficient (Wildman–Crippen LogP) is 1.76. The molecule has 1 aliphatic rings. The van der Waals surface area contributed by atoms with Crippen molar-refractivity contribution < 1.29 is 23.1 Å². The summed E-state index contributed by atoms with van der Waals surface area (Å²) in [7, 11) is -1.92. The minimum Gasteiger partial charge on any atom is -0.497 e. The zero-order chi connectivity index (χ0) is 16.2. The Morgan fingerprint density at radius 2 is 2.00 bits per heavy atom. The van der Waals surface area contributed by atoms with Crippen molar-refractivity contribution in [3.8, 4) is 5.75 Å². The van der Waals surface area contributed by atoms with Crippen LogP contribution in [0.15, 0.2) is 24.3 Å². The first-order valence-electron chi connectivity index (χ1n) is 7.25. The first-order valence-corrected chi connectivity index (χ1v) is 8.90. The smallest absolute Gasteiger partial charge is 0.306 e. The molecule has 1 fully saturated rings. The standard InChI is InChI=1S/C15H21NO5S/c1-21-14-4-2-3-11(9-14)10-22(19,20)16-13-7-5-12(6-8-13)15(17)18/h2-4,9,12-13,16H,5-8,10H2,1H3,(H,17,18). The summed E-state index contributed by atoms with van der Waals surface area (Å²) in [6, 6.07) is 6.77. The van der Waals surface area contributed by atoms with Crippen molar-refractivity contribution in [3.63, 3.8) is 0 Å². The van der Waals surface area contributed by atoms with Crippen LogP contribution in [0.5, 0.6) is 5.75 Å². The summed E-state index contributed by atoms with van der Waals surface area (Å²) in [6.07, 6.45) is 2.16. The number of hydrogen-bond acceptors (Lipinski definition) is 4. The Labute approximate surface area is 130 Å². The molecule has 22 heavy (non-hydrogen) atoms. The number of aliphatic carboxylic acids is 1. The molecule has 0 amide bonds. The number of carboxylic acids is 1. The van der Waals surface area contributed by atoms with Crippen LogP contribution >= 0.6 is 0 Å². The number of sulfonamides is 1. The lowest BCUT2D eigenvalue weighted by molar-refractivity contribution is -0.142. The Hall–Kier alpha value is -1.60. The molecule has 2 rings (SSSR count). The molecule has 1 saturated carbocycles. The number of rotatable bonds is 6. The van der Waals surface area contributed by atoms with Gasteiger partial charge in [-0.2, -0.15) is 0 Å². The van der Waals surface area contributed by atoms with Crippen molar-refractivity contribution in [3.05, 3.63) is 29.8 Å². The van der Waals surface area contributed by atoms with Crippen LogP contribution in [-0.4, -0.2) is 32.6 Å². The maximum atomic E-state index is 12.2. The highest BCUT2D eigenvalue weighted by Crippen LogP contribution is 2.25. The van der Waals surface area contributed by atoms with Gasteiger partial charge < -0.3 is 9.84 Å². The van der Waals surface area contributed by atoms with E-state index in [0.29, 0.717) is 37.0 Å². The van der Waals surface area contributed by atoms with E-state index in [1.54, 1.807) is 24.3 Å². The highest BCUT2D eigenvalue weighted by atomic mass is 32.2. The lowest BCUT2D eigenvalue weighted by Gasteiger charge is -2.26. The van der Waals surface area contributed by atoms with E-state index in [1.165, 1.54) is 7.11 Å². The van der Waals surface area contributed by atoms with Crippen LogP contribution in [0.2, 0.25) is 0 Å². The van der Waals surface area contributed by atoms with Crippen molar-refractivity contribution in [1.29, 1.82) is 0 Å². The quantitative estimate of drug-likeness (QED) is 0.830. The molecule has 6 nitrogen and oxygen atoms in total. The van der Waals surface area contributed by atoms with Gasteiger partial charge in [-0.25, -0.2) is 13.1 Å². The minimum atomic E-state index is -3.45. The van der Waals surface area contributed by atoms with Crippen LogP contribution in [0, 0.1) is 5.92 Å². The number of carbonyl (C=O) groups is 1. The van der Waals surface area contributed by atoms with Crippen LogP contribution in [0.25, 0.3) is 0 Å². The third-order valence-corrected chi connectivity index (χ3v) is 5.32. The monoisotopic (exact) mass is 327 g/mol. The van der Waals surface area contributed by atoms with E-state index in [0.717, 1.165) is 0 Å². The second kappa shape index (κ2) is 7.11. The van der Waals surface area contributed by atoms with Gasteiger partial charge >= 0.3 is 5.97 Å². The summed E-state index contributed by atoms with van der Waals surface area (Å²) in [4.78, 5) is 10.9. The van der Waals surface area contributed by atoms with Crippen LogP contribution in [0.4, 0.5) is 0 Å². The molecule has 0 aromatic heterocycles. The van der Waals surface area contributed by atoms with Gasteiger partial charge in [0.15, 0.2) is 0 Å². The highest BCUT2D eigenvalue weighted by molar-refractivity contribution is 7.88. The zero-order valence-corrected chi connectivity index (χ0v) is 13.3. The molecule has 1 aromatic carbocycles. The molecule has 1 aliphatic carbocycles. The molecule has 1 aromatic rings. The summed E-state index contributed by atoms with van der Waals surface area (Å²) in [6.45, 7) is 0. The normalized spacial score (nSPS) is 22.2. The van der Waals surface area contributed by atoms with Gasteiger partial charge in [-0.1, -0.05) is 12.1 Å². The Morgan fingerprint density at radius 1 is 1.32 bits per heavy atom. The molecular formula is C15H21NO5S. The average Bonchev–Trinajstić information content (AvgIpc) is 2.47. The van der Waals surface area contributed by atoms with Gasteiger partial charge in [0.1, 0.15) is 5.75 Å². The molecular weight excluding hydrogens is 306 g/mol. The fraction of sp³-hybridized carbons (Fsp3) is 0.533. The van der Waals surface area contributed by atoms with Gasteiger partial charge in [0.2, 0.25) is 10.0 Å². The second-order valence-corrected chi connectivity index (χ2v) is 7.37. The van der Waals surface area contributed by atoms with Crippen LogP contribution in [-0.2, 0) is 20.6 Å². The maximum Gasteiger partial charge on any atom is 0.306 e. The Morgan fingerprint density at radius 3 is 2.59 bits per heavy atom. The van der Waals surface area contributed by atoms with E-state index in [4.69, 9.17) is 9.84 Å². The number of hydrogen-bond donors (Lipinski definition) is 2. The van der Waals surface area contributed by atoms with Gasteiger partial charge in [0, 0.05) is 6.04 Å². The molecule has 122 valence electrons. The second-order valence-electron chi connectivity index (χ2n) is 5.62. The lowest BCUT2D eigenvalue weighted by atomic mass is 9.87. The van der Waals surface area contributed by atoms with Gasteiger partial charge in [-0.05, 0) is 43.4 Å². The SMILES string of the molecule is COc1cccc(CS(=O)(=O)NC2CCC(C(=O)O)CC2)c1. The average molecular weight is 327 g/mol. The van der Waals surface area contributed by atoms with Crippen molar-refractivity contribution in [2.45, 2.75) is 37.5 Å². The third-order valence-electron chi connectivity index (χ3n) is 3.91. The van der Waals surface area contributed by atoms with Gasteiger partial charge in [0.05, 0.1) is 18.8 Å². The van der Waals surface area contributed by atoms with Crippen molar-refractivity contribution >= 4 is 16.0 Å². The lowest BCUT2D eigenvalue weighted by Crippen LogP contribution is -2.39. The summed E-state index contributed by atoms with van der Waals surface area (Å²) < 4.78 is 32.2. The highest BCUT2D eigenvalue weighted by Gasteiger charge is 2.28. The fourth-order valence-corrected chi connectivity index (χ4v) is 4.18. The van der Waals surface area contributed by atoms with E-state index < -0.39 is 16.0 Å². The van der Waals surface area contributed by atoms with Gasteiger partial charge in [-0.3, -0.25) is 4.79 Å². The molecule has 0 radical (unpaired) electrons. The number of methoxy groups -OCH3 is 1. The Balaban J connectivity index is 1.93. The Bertz CT molecular complexity index is 621. The van der Waals surface area contributed by atoms with E-state index >= 15 is 0 Å². The molecule has 2 N–H and O–H groups in total. The van der Waals surface area contributed by atoms with Crippen LogP contribution in [0.3, 0.4) is 0 Å². The maximum absolute atomic E-state index is 12.2. The van der Waals surface area contributed by atoms with Crippen LogP contribution < -0.4 is 9.46 Å². The number of ether oxygens (including phenoxy) is 1. The Kier molecular flexibility index (Phi) is 5.42. The molecule has 0 spiro atoms. The molecule has 0 heterocycles. The molecule has 0 aliphatic heterocycles. The third kappa shape index (κ3) is 4.71. The van der Waals surface area contributed by atoms with E-state index in [9.17, 15) is 13.2 Å². The molecule has 7 heteroatoms. The van der Waals surface area contributed by atoms with E-state index in [2.05, 4.69) is 4.72 Å². The predicted molar refractivity (Wildman–Crippen MR) is 82.1 cm³/mol. The fourth-order valence-electron chi connectivity index (χ4n) is 2.74. The number of nitrogens with one attached hydrogen (secondary N) is 1. The first kappa shape index (κ1) is 16.8. The van der Waals surface area contributed by atoms with E-state index in [1.807, 2.05) is 0 Å². The van der Waals surface area contributed by atoms with Crippen molar-refractivity contribution in [1.82, 2.24) is 4.72 Å². The van der Waals surface area contributed by atoms with Crippen molar-refractivity contribution in [2.75, 3.05) is 7.11 Å².